The largest absolute Gasteiger partial charge is 0.349 e. The summed E-state index contributed by atoms with van der Waals surface area (Å²) in [4.78, 5) is 39.5. The maximum atomic E-state index is 12.8. The highest BCUT2D eigenvalue weighted by Crippen LogP contribution is 2.23. The number of anilines is 1. The molecule has 1 saturated carbocycles. The summed E-state index contributed by atoms with van der Waals surface area (Å²) in [6.45, 7) is 3.07. The predicted octanol–water partition coefficient (Wildman–Crippen LogP) is 3.38. The maximum absolute atomic E-state index is 12.8. The summed E-state index contributed by atoms with van der Waals surface area (Å²) in [7, 11) is 0. The van der Waals surface area contributed by atoms with Crippen LogP contribution in [0.15, 0.2) is 48.5 Å². The zero-order chi connectivity index (χ0) is 21.1. The van der Waals surface area contributed by atoms with Crippen molar-refractivity contribution < 1.29 is 14.4 Å². The number of likely N-dealkylation sites (tertiary alicyclic amines) is 1. The first-order chi connectivity index (χ1) is 14.5. The van der Waals surface area contributed by atoms with Gasteiger partial charge in [-0.25, -0.2) is 0 Å². The van der Waals surface area contributed by atoms with Gasteiger partial charge in [-0.15, -0.1) is 0 Å². The summed E-state index contributed by atoms with van der Waals surface area (Å²) in [5, 5.41) is 5.90. The standard InChI is InChI=1S/C24H27N3O3/c1-16-5-2-3-8-21(16)24(30)27-13-11-17(12-14-27)22(28)26-20-7-4-6-18(15-20)23(29)25-19-9-10-19/h2-8,15,17,19H,9-14H2,1H3,(H,25,29)(H,26,28). The molecule has 2 aliphatic rings. The third-order valence-corrected chi connectivity index (χ3v) is 5.83. The van der Waals surface area contributed by atoms with Crippen LogP contribution in [0.1, 0.15) is 52.0 Å². The summed E-state index contributed by atoms with van der Waals surface area (Å²) in [6, 6.07) is 14.9. The zero-order valence-corrected chi connectivity index (χ0v) is 17.2. The number of piperidine rings is 1. The second-order valence-electron chi connectivity index (χ2n) is 8.20. The molecule has 156 valence electrons. The molecule has 0 spiro atoms. The van der Waals surface area contributed by atoms with Crippen molar-refractivity contribution in [3.63, 3.8) is 0 Å². The Morgan fingerprint density at radius 3 is 2.37 bits per heavy atom. The molecule has 2 N–H and O–H groups in total. The van der Waals surface area contributed by atoms with Crippen molar-refractivity contribution in [2.45, 2.75) is 38.6 Å². The Hall–Kier alpha value is -3.15. The Labute approximate surface area is 176 Å². The van der Waals surface area contributed by atoms with Gasteiger partial charge in [-0.2, -0.15) is 0 Å². The molecular weight excluding hydrogens is 378 g/mol. The molecule has 4 rings (SSSR count). The fraction of sp³-hybridized carbons (Fsp3) is 0.375. The summed E-state index contributed by atoms with van der Waals surface area (Å²) in [6.07, 6.45) is 3.33. The first-order valence-electron chi connectivity index (χ1n) is 10.6. The molecule has 0 unspecified atom stereocenters. The van der Waals surface area contributed by atoms with Crippen molar-refractivity contribution in [3.05, 3.63) is 65.2 Å². The fourth-order valence-corrected chi connectivity index (χ4v) is 3.81. The molecule has 2 aromatic carbocycles. The van der Waals surface area contributed by atoms with Crippen molar-refractivity contribution in [1.82, 2.24) is 10.2 Å². The number of hydrogen-bond acceptors (Lipinski definition) is 3. The molecule has 6 nitrogen and oxygen atoms in total. The molecule has 0 radical (unpaired) electrons. The number of benzene rings is 2. The molecule has 1 aliphatic heterocycles. The average Bonchev–Trinajstić information content (AvgIpc) is 3.58. The van der Waals surface area contributed by atoms with Gasteiger partial charge in [-0.05, 0) is 62.4 Å². The van der Waals surface area contributed by atoms with Crippen LogP contribution >= 0.6 is 0 Å². The third-order valence-electron chi connectivity index (χ3n) is 5.83. The lowest BCUT2D eigenvalue weighted by molar-refractivity contribution is -0.121. The van der Waals surface area contributed by atoms with E-state index in [0.717, 1.165) is 24.0 Å². The van der Waals surface area contributed by atoms with E-state index in [1.807, 2.05) is 36.1 Å². The lowest BCUT2D eigenvalue weighted by Crippen LogP contribution is -2.41. The molecule has 0 atom stereocenters. The van der Waals surface area contributed by atoms with Gasteiger partial charge in [0.2, 0.25) is 5.91 Å². The summed E-state index contributed by atoms with van der Waals surface area (Å²) >= 11 is 0. The van der Waals surface area contributed by atoms with E-state index in [9.17, 15) is 14.4 Å². The molecule has 1 saturated heterocycles. The summed E-state index contributed by atoms with van der Waals surface area (Å²) in [5.41, 5.74) is 2.87. The molecular formula is C24H27N3O3. The Balaban J connectivity index is 1.32. The first kappa shape index (κ1) is 20.1. The van der Waals surface area contributed by atoms with Crippen molar-refractivity contribution in [2.24, 2.45) is 5.92 Å². The molecule has 2 aromatic rings. The van der Waals surface area contributed by atoms with Crippen LogP contribution in [-0.2, 0) is 4.79 Å². The van der Waals surface area contributed by atoms with Gasteiger partial charge in [0.05, 0.1) is 0 Å². The number of nitrogens with one attached hydrogen (secondary N) is 2. The molecule has 0 aromatic heterocycles. The van der Waals surface area contributed by atoms with Crippen LogP contribution in [0.25, 0.3) is 0 Å². The molecule has 1 heterocycles. The van der Waals surface area contributed by atoms with Gasteiger partial charge < -0.3 is 15.5 Å². The van der Waals surface area contributed by atoms with Crippen LogP contribution in [0.3, 0.4) is 0 Å². The number of nitrogens with zero attached hydrogens (tertiary/aromatic N) is 1. The molecule has 6 heteroatoms. The van der Waals surface area contributed by atoms with Crippen molar-refractivity contribution >= 4 is 23.4 Å². The van der Waals surface area contributed by atoms with Gasteiger partial charge in [0.15, 0.2) is 0 Å². The quantitative estimate of drug-likeness (QED) is 0.801. The summed E-state index contributed by atoms with van der Waals surface area (Å²) < 4.78 is 0. The highest BCUT2D eigenvalue weighted by atomic mass is 16.2. The Morgan fingerprint density at radius 1 is 0.933 bits per heavy atom. The lowest BCUT2D eigenvalue weighted by atomic mass is 9.95. The Morgan fingerprint density at radius 2 is 1.67 bits per heavy atom. The van der Waals surface area contributed by atoms with Crippen LogP contribution in [0, 0.1) is 12.8 Å². The van der Waals surface area contributed by atoms with E-state index in [1.54, 1.807) is 24.3 Å². The normalized spacial score (nSPS) is 16.8. The van der Waals surface area contributed by atoms with Crippen LogP contribution in [0.4, 0.5) is 5.69 Å². The maximum Gasteiger partial charge on any atom is 0.254 e. The van der Waals surface area contributed by atoms with Crippen molar-refractivity contribution in [2.75, 3.05) is 18.4 Å². The van der Waals surface area contributed by atoms with E-state index in [2.05, 4.69) is 10.6 Å². The number of carbonyl (C=O) groups excluding carboxylic acids is 3. The lowest BCUT2D eigenvalue weighted by Gasteiger charge is -2.31. The SMILES string of the molecule is Cc1ccccc1C(=O)N1CCC(C(=O)Nc2cccc(C(=O)NC3CC3)c2)CC1. The van der Waals surface area contributed by atoms with E-state index in [0.29, 0.717) is 43.2 Å². The Kier molecular flexibility index (Phi) is 5.84. The Bertz CT molecular complexity index is 960. The van der Waals surface area contributed by atoms with Gasteiger partial charge in [0.1, 0.15) is 0 Å². The second-order valence-corrected chi connectivity index (χ2v) is 8.20. The number of rotatable bonds is 5. The fourth-order valence-electron chi connectivity index (χ4n) is 3.81. The van der Waals surface area contributed by atoms with Crippen LogP contribution < -0.4 is 10.6 Å². The number of amides is 3. The number of carbonyl (C=O) groups is 3. The monoisotopic (exact) mass is 405 g/mol. The summed E-state index contributed by atoms with van der Waals surface area (Å²) in [5.74, 6) is -0.273. The third kappa shape index (κ3) is 4.70. The topological polar surface area (TPSA) is 78.5 Å². The van der Waals surface area contributed by atoms with Crippen LogP contribution in [0.5, 0.6) is 0 Å². The molecule has 0 bridgehead atoms. The van der Waals surface area contributed by atoms with Gasteiger partial charge >= 0.3 is 0 Å². The van der Waals surface area contributed by atoms with E-state index in [4.69, 9.17) is 0 Å². The number of hydrogen-bond donors (Lipinski definition) is 2. The molecule has 1 aliphatic carbocycles. The highest BCUT2D eigenvalue weighted by Gasteiger charge is 2.28. The van der Waals surface area contributed by atoms with E-state index >= 15 is 0 Å². The predicted molar refractivity (Wildman–Crippen MR) is 115 cm³/mol. The van der Waals surface area contributed by atoms with E-state index < -0.39 is 0 Å². The van der Waals surface area contributed by atoms with E-state index in [1.165, 1.54) is 0 Å². The first-order valence-corrected chi connectivity index (χ1v) is 10.6. The van der Waals surface area contributed by atoms with Crippen LogP contribution in [0.2, 0.25) is 0 Å². The van der Waals surface area contributed by atoms with Crippen LogP contribution in [-0.4, -0.2) is 41.8 Å². The second kappa shape index (κ2) is 8.69. The van der Waals surface area contributed by atoms with Crippen molar-refractivity contribution in [3.8, 4) is 0 Å². The highest BCUT2D eigenvalue weighted by molar-refractivity contribution is 5.98. The minimum absolute atomic E-state index is 0.0290. The smallest absolute Gasteiger partial charge is 0.254 e. The average molecular weight is 405 g/mol. The van der Waals surface area contributed by atoms with Gasteiger partial charge in [0, 0.05) is 41.9 Å². The van der Waals surface area contributed by atoms with Gasteiger partial charge in [-0.1, -0.05) is 24.3 Å². The molecule has 30 heavy (non-hydrogen) atoms. The zero-order valence-electron chi connectivity index (χ0n) is 17.2. The molecule has 2 fully saturated rings. The van der Waals surface area contributed by atoms with Crippen molar-refractivity contribution in [1.29, 1.82) is 0 Å². The van der Waals surface area contributed by atoms with E-state index in [-0.39, 0.29) is 23.6 Å². The minimum atomic E-state index is -0.144. The van der Waals surface area contributed by atoms with Gasteiger partial charge in [0.25, 0.3) is 11.8 Å². The minimum Gasteiger partial charge on any atom is -0.349 e. The van der Waals surface area contributed by atoms with Gasteiger partial charge in [-0.3, -0.25) is 14.4 Å². The number of aryl methyl sites for hydroxylation is 1. The molecule has 3 amide bonds.